The summed E-state index contributed by atoms with van der Waals surface area (Å²) in [7, 11) is 4.10. The Morgan fingerprint density at radius 1 is 0.838 bits per heavy atom. The molecule has 4 aromatic carbocycles. The summed E-state index contributed by atoms with van der Waals surface area (Å²) in [4.78, 5) is 6.87. The zero-order valence-corrected chi connectivity index (χ0v) is 22.4. The number of rotatable bonds is 8. The van der Waals surface area contributed by atoms with Gasteiger partial charge >= 0.3 is 0 Å². The Kier molecular flexibility index (Phi) is 7.30. The molecule has 37 heavy (non-hydrogen) atoms. The van der Waals surface area contributed by atoms with E-state index < -0.39 is 5.60 Å². The zero-order chi connectivity index (χ0) is 26.0. The van der Waals surface area contributed by atoms with Crippen molar-refractivity contribution in [2.45, 2.75) is 31.3 Å². The van der Waals surface area contributed by atoms with Crippen LogP contribution in [-0.4, -0.2) is 35.6 Å². The van der Waals surface area contributed by atoms with Gasteiger partial charge in [-0.3, -0.25) is 0 Å². The van der Waals surface area contributed by atoms with Crippen LogP contribution in [0.4, 0.5) is 0 Å². The van der Waals surface area contributed by atoms with Gasteiger partial charge in [0.05, 0.1) is 5.52 Å². The Labute approximate surface area is 224 Å². The Bertz CT molecular complexity index is 1530. The van der Waals surface area contributed by atoms with Crippen LogP contribution < -0.4 is 0 Å². The SMILES string of the molecule is CCc1cc2ccc(C(c3ccccc3)C(O)(CCN(C)C)c3cccc4ccccc34)cc2nc1Cl. The monoisotopic (exact) mass is 508 g/mol. The second kappa shape index (κ2) is 10.6. The summed E-state index contributed by atoms with van der Waals surface area (Å²) in [6.07, 6.45) is 1.40. The third kappa shape index (κ3) is 5.00. The first-order valence-corrected chi connectivity index (χ1v) is 13.3. The number of pyridine rings is 1. The van der Waals surface area contributed by atoms with Crippen molar-refractivity contribution in [3.05, 3.63) is 124 Å². The number of aliphatic hydroxyl groups is 1. The van der Waals surface area contributed by atoms with E-state index in [-0.39, 0.29) is 5.92 Å². The molecule has 2 atom stereocenters. The number of benzene rings is 4. The van der Waals surface area contributed by atoms with Crippen molar-refractivity contribution < 1.29 is 5.11 Å². The average Bonchev–Trinajstić information content (AvgIpc) is 2.92. The van der Waals surface area contributed by atoms with Crippen LogP contribution >= 0.6 is 11.6 Å². The van der Waals surface area contributed by atoms with Crippen molar-refractivity contribution in [2.75, 3.05) is 20.6 Å². The molecule has 188 valence electrons. The molecule has 2 unspecified atom stereocenters. The van der Waals surface area contributed by atoms with E-state index >= 15 is 0 Å². The van der Waals surface area contributed by atoms with E-state index in [1.54, 1.807) is 0 Å². The molecule has 0 fully saturated rings. The standard InChI is InChI=1S/C33H33ClN2O/c1-4-23-21-26-17-18-27(22-30(26)35-32(23)34)31(25-12-6-5-7-13-25)33(37,19-20-36(2)3)29-16-10-14-24-11-8-9-15-28(24)29/h5-18,21-22,31,37H,4,19-20H2,1-3H3. The number of aryl methyl sites for hydroxylation is 1. The maximum absolute atomic E-state index is 12.9. The van der Waals surface area contributed by atoms with Gasteiger partial charge in [-0.1, -0.05) is 103 Å². The quantitative estimate of drug-likeness (QED) is 0.219. The summed E-state index contributed by atoms with van der Waals surface area (Å²) in [5.41, 5.74) is 3.72. The van der Waals surface area contributed by atoms with E-state index in [1.807, 2.05) is 50.5 Å². The number of halogens is 1. The van der Waals surface area contributed by atoms with Gasteiger partial charge < -0.3 is 10.0 Å². The summed E-state index contributed by atoms with van der Waals surface area (Å²) in [6, 6.07) is 33.3. The third-order valence-electron chi connectivity index (χ3n) is 7.39. The molecule has 4 heteroatoms. The Morgan fingerprint density at radius 3 is 2.32 bits per heavy atom. The summed E-state index contributed by atoms with van der Waals surface area (Å²) >= 11 is 6.52. The molecule has 1 heterocycles. The van der Waals surface area contributed by atoms with Crippen LogP contribution in [0.5, 0.6) is 0 Å². The van der Waals surface area contributed by atoms with Crippen molar-refractivity contribution >= 4 is 33.3 Å². The van der Waals surface area contributed by atoms with Gasteiger partial charge in [-0.2, -0.15) is 0 Å². The summed E-state index contributed by atoms with van der Waals surface area (Å²) in [6.45, 7) is 2.82. The molecule has 1 N–H and O–H groups in total. The second-order valence-corrected chi connectivity index (χ2v) is 10.4. The molecule has 0 saturated carbocycles. The van der Waals surface area contributed by atoms with E-state index in [0.29, 0.717) is 11.6 Å². The molecule has 0 amide bonds. The van der Waals surface area contributed by atoms with E-state index in [4.69, 9.17) is 16.6 Å². The smallest absolute Gasteiger partial charge is 0.132 e. The van der Waals surface area contributed by atoms with E-state index in [1.165, 1.54) is 0 Å². The van der Waals surface area contributed by atoms with Crippen molar-refractivity contribution in [1.29, 1.82) is 0 Å². The highest BCUT2D eigenvalue weighted by Gasteiger charge is 2.41. The third-order valence-corrected chi connectivity index (χ3v) is 7.72. The van der Waals surface area contributed by atoms with Crippen molar-refractivity contribution in [3.8, 4) is 0 Å². The normalized spacial score (nSPS) is 14.2. The molecule has 0 aliphatic carbocycles. The highest BCUT2D eigenvalue weighted by molar-refractivity contribution is 6.30. The predicted molar refractivity (Wildman–Crippen MR) is 155 cm³/mol. The highest BCUT2D eigenvalue weighted by Crippen LogP contribution is 2.46. The molecule has 3 nitrogen and oxygen atoms in total. The fraction of sp³-hybridized carbons (Fsp3) is 0.242. The van der Waals surface area contributed by atoms with E-state index in [2.05, 4.69) is 72.5 Å². The first kappa shape index (κ1) is 25.4. The molecule has 0 saturated heterocycles. The molecule has 0 spiro atoms. The largest absolute Gasteiger partial charge is 0.384 e. The zero-order valence-electron chi connectivity index (χ0n) is 21.7. The minimum atomic E-state index is -1.17. The van der Waals surface area contributed by atoms with Gasteiger partial charge in [0.25, 0.3) is 0 Å². The van der Waals surface area contributed by atoms with Crippen molar-refractivity contribution in [1.82, 2.24) is 9.88 Å². The van der Waals surface area contributed by atoms with Crippen LogP contribution in [0.25, 0.3) is 21.7 Å². The molecule has 1 aromatic heterocycles. The van der Waals surface area contributed by atoms with Crippen LogP contribution in [0, 0.1) is 0 Å². The first-order valence-electron chi connectivity index (χ1n) is 12.9. The fourth-order valence-electron chi connectivity index (χ4n) is 5.45. The topological polar surface area (TPSA) is 36.4 Å². The van der Waals surface area contributed by atoms with E-state index in [0.717, 1.165) is 56.9 Å². The molecule has 0 bridgehead atoms. The first-order chi connectivity index (χ1) is 17.9. The van der Waals surface area contributed by atoms with Gasteiger partial charge in [0.2, 0.25) is 0 Å². The molecule has 5 rings (SSSR count). The van der Waals surface area contributed by atoms with Gasteiger partial charge in [0.15, 0.2) is 0 Å². The average molecular weight is 509 g/mol. The van der Waals surface area contributed by atoms with Gasteiger partial charge in [-0.25, -0.2) is 4.98 Å². The fourth-order valence-corrected chi connectivity index (χ4v) is 5.73. The van der Waals surface area contributed by atoms with Gasteiger partial charge in [0.1, 0.15) is 10.8 Å². The lowest BCUT2D eigenvalue weighted by molar-refractivity contribution is 0.00592. The maximum Gasteiger partial charge on any atom is 0.132 e. The molecule has 0 aliphatic rings. The Morgan fingerprint density at radius 2 is 1.57 bits per heavy atom. The van der Waals surface area contributed by atoms with Gasteiger partial charge in [-0.05, 0) is 72.1 Å². The van der Waals surface area contributed by atoms with Crippen LogP contribution in [0.2, 0.25) is 5.15 Å². The lowest BCUT2D eigenvalue weighted by atomic mass is 9.70. The molecular formula is C33H33ClN2O. The Balaban J connectivity index is 1.77. The number of nitrogens with zero attached hydrogens (tertiary/aromatic N) is 2. The minimum absolute atomic E-state index is 0.310. The number of aromatic nitrogens is 1. The van der Waals surface area contributed by atoms with Crippen molar-refractivity contribution in [2.24, 2.45) is 0 Å². The lowest BCUT2D eigenvalue weighted by Gasteiger charge is -2.39. The molecule has 0 aliphatic heterocycles. The second-order valence-electron chi connectivity index (χ2n) is 10.1. The number of hydrogen-bond donors (Lipinski definition) is 1. The van der Waals surface area contributed by atoms with Gasteiger partial charge in [0, 0.05) is 17.8 Å². The number of fused-ring (bicyclic) bond motifs is 2. The lowest BCUT2D eigenvalue weighted by Crippen LogP contribution is -2.37. The summed E-state index contributed by atoms with van der Waals surface area (Å²) in [5, 5.41) is 16.7. The van der Waals surface area contributed by atoms with Gasteiger partial charge in [-0.15, -0.1) is 0 Å². The van der Waals surface area contributed by atoms with Crippen LogP contribution in [0.3, 0.4) is 0 Å². The van der Waals surface area contributed by atoms with Crippen LogP contribution in [-0.2, 0) is 12.0 Å². The molecule has 5 aromatic rings. The van der Waals surface area contributed by atoms with Crippen LogP contribution in [0.15, 0.2) is 97.1 Å². The highest BCUT2D eigenvalue weighted by atomic mass is 35.5. The van der Waals surface area contributed by atoms with E-state index in [9.17, 15) is 5.11 Å². The maximum atomic E-state index is 12.9. The Hall–Kier alpha value is -3.24. The molecular weight excluding hydrogens is 476 g/mol. The van der Waals surface area contributed by atoms with Crippen LogP contribution in [0.1, 0.15) is 41.5 Å². The summed E-state index contributed by atoms with van der Waals surface area (Å²) < 4.78 is 0. The summed E-state index contributed by atoms with van der Waals surface area (Å²) in [5.74, 6) is -0.310. The predicted octanol–water partition coefficient (Wildman–Crippen LogP) is 7.58. The minimum Gasteiger partial charge on any atom is -0.384 e. The van der Waals surface area contributed by atoms with Crippen molar-refractivity contribution in [3.63, 3.8) is 0 Å². The number of hydrogen-bond acceptors (Lipinski definition) is 3. The molecule has 0 radical (unpaired) electrons.